The molecule has 1 nitrogen and oxygen atoms in total. The fraction of sp³-hybridized carbons (Fsp3) is 0.118. The Morgan fingerprint density at radius 2 is 1.56 bits per heavy atom. The molecule has 0 radical (unpaired) electrons. The fourth-order valence-electron chi connectivity index (χ4n) is 2.62. The van der Waals surface area contributed by atoms with E-state index in [-0.39, 0.29) is 0 Å². The van der Waals surface area contributed by atoms with E-state index >= 15 is 0 Å². The Balaban J connectivity index is 2.10. The number of fused-ring (bicyclic) bond motifs is 3. The average Bonchev–Trinajstić information content (AvgIpc) is 2.75. The monoisotopic (exact) mass is 234 g/mol. The maximum absolute atomic E-state index is 10.8. The van der Waals surface area contributed by atoms with E-state index in [2.05, 4.69) is 30.3 Å². The van der Waals surface area contributed by atoms with Crippen molar-refractivity contribution in [2.45, 2.75) is 13.3 Å². The van der Waals surface area contributed by atoms with Crippen LogP contribution in [0.5, 0.6) is 0 Å². The molecule has 0 aromatic heterocycles. The van der Waals surface area contributed by atoms with Crippen LogP contribution in [-0.2, 0) is 6.42 Å². The predicted octanol–water partition coefficient (Wildman–Crippen LogP) is 4.10. The summed E-state index contributed by atoms with van der Waals surface area (Å²) in [5, 5.41) is 0. The molecule has 0 atom stereocenters. The molecule has 0 aliphatic heterocycles. The standard InChI is InChI=1S/C17H14O/c1-2-3-12-4-6-16-14(8-12)10-15-9-13(11-18)5-7-17(15)16/h2-9,11H,10H2,1H3. The minimum Gasteiger partial charge on any atom is -0.298 e. The molecule has 0 saturated heterocycles. The summed E-state index contributed by atoms with van der Waals surface area (Å²) >= 11 is 0. The smallest absolute Gasteiger partial charge is 0.150 e. The Morgan fingerprint density at radius 3 is 2.17 bits per heavy atom. The lowest BCUT2D eigenvalue weighted by Gasteiger charge is -2.02. The van der Waals surface area contributed by atoms with Gasteiger partial charge < -0.3 is 0 Å². The van der Waals surface area contributed by atoms with Crippen LogP contribution < -0.4 is 0 Å². The van der Waals surface area contributed by atoms with Gasteiger partial charge in [0, 0.05) is 5.56 Å². The number of aldehydes is 1. The van der Waals surface area contributed by atoms with Gasteiger partial charge in [-0.05, 0) is 47.2 Å². The number of allylic oxidation sites excluding steroid dienone is 1. The van der Waals surface area contributed by atoms with Crippen LogP contribution in [0.2, 0.25) is 0 Å². The van der Waals surface area contributed by atoms with Crippen LogP contribution in [0.1, 0.15) is 34.0 Å². The summed E-state index contributed by atoms with van der Waals surface area (Å²) in [6.07, 6.45) is 6.00. The SMILES string of the molecule is CC=Cc1ccc2c(c1)Cc1cc(C=O)ccc1-2. The van der Waals surface area contributed by atoms with Crippen molar-refractivity contribution in [2.24, 2.45) is 0 Å². The van der Waals surface area contributed by atoms with E-state index in [1.807, 2.05) is 25.1 Å². The molecular formula is C17H14O. The zero-order chi connectivity index (χ0) is 12.5. The molecule has 0 unspecified atom stereocenters. The molecule has 0 fully saturated rings. The third kappa shape index (κ3) is 1.68. The first kappa shape index (κ1) is 11.0. The lowest BCUT2D eigenvalue weighted by atomic mass is 10.0. The molecule has 0 saturated carbocycles. The van der Waals surface area contributed by atoms with E-state index in [9.17, 15) is 4.79 Å². The quantitative estimate of drug-likeness (QED) is 0.610. The highest BCUT2D eigenvalue weighted by Crippen LogP contribution is 2.37. The summed E-state index contributed by atoms with van der Waals surface area (Å²) in [7, 11) is 0. The Morgan fingerprint density at radius 1 is 0.944 bits per heavy atom. The summed E-state index contributed by atoms with van der Waals surface area (Å²) in [6.45, 7) is 2.03. The van der Waals surface area contributed by atoms with Crippen molar-refractivity contribution in [3.63, 3.8) is 0 Å². The van der Waals surface area contributed by atoms with Gasteiger partial charge in [-0.3, -0.25) is 4.79 Å². The molecule has 2 aromatic carbocycles. The first-order valence-electron chi connectivity index (χ1n) is 6.16. The normalized spacial score (nSPS) is 12.5. The molecule has 0 heterocycles. The van der Waals surface area contributed by atoms with E-state index in [1.165, 1.54) is 27.8 Å². The van der Waals surface area contributed by atoms with Crippen LogP contribution in [0.3, 0.4) is 0 Å². The van der Waals surface area contributed by atoms with Crippen molar-refractivity contribution in [2.75, 3.05) is 0 Å². The zero-order valence-corrected chi connectivity index (χ0v) is 10.3. The van der Waals surface area contributed by atoms with Crippen LogP contribution in [0.25, 0.3) is 17.2 Å². The van der Waals surface area contributed by atoms with Crippen LogP contribution in [-0.4, -0.2) is 6.29 Å². The van der Waals surface area contributed by atoms with E-state index in [4.69, 9.17) is 0 Å². The second kappa shape index (κ2) is 4.26. The summed E-state index contributed by atoms with van der Waals surface area (Å²) in [5.41, 5.74) is 7.17. The third-order valence-electron chi connectivity index (χ3n) is 3.42. The van der Waals surface area contributed by atoms with Gasteiger partial charge in [0.05, 0.1) is 0 Å². The van der Waals surface area contributed by atoms with E-state index in [0.717, 1.165) is 18.3 Å². The maximum atomic E-state index is 10.8. The molecule has 0 N–H and O–H groups in total. The van der Waals surface area contributed by atoms with Crippen molar-refractivity contribution in [1.82, 2.24) is 0 Å². The van der Waals surface area contributed by atoms with Gasteiger partial charge in [-0.25, -0.2) is 0 Å². The highest BCUT2D eigenvalue weighted by molar-refractivity contribution is 5.83. The van der Waals surface area contributed by atoms with Crippen molar-refractivity contribution in [3.8, 4) is 11.1 Å². The molecule has 1 aliphatic rings. The molecule has 1 aliphatic carbocycles. The maximum Gasteiger partial charge on any atom is 0.150 e. The summed E-state index contributed by atoms with van der Waals surface area (Å²) in [4.78, 5) is 10.8. The van der Waals surface area contributed by atoms with Crippen LogP contribution >= 0.6 is 0 Å². The van der Waals surface area contributed by atoms with Gasteiger partial charge in [-0.2, -0.15) is 0 Å². The Hall–Kier alpha value is -2.15. The van der Waals surface area contributed by atoms with E-state index < -0.39 is 0 Å². The number of hydrogen-bond acceptors (Lipinski definition) is 1. The number of rotatable bonds is 2. The van der Waals surface area contributed by atoms with Gasteiger partial charge in [0.25, 0.3) is 0 Å². The van der Waals surface area contributed by atoms with Gasteiger partial charge in [-0.15, -0.1) is 0 Å². The molecule has 2 aromatic rings. The molecular weight excluding hydrogens is 220 g/mol. The van der Waals surface area contributed by atoms with Crippen molar-refractivity contribution >= 4 is 12.4 Å². The molecule has 0 spiro atoms. The summed E-state index contributed by atoms with van der Waals surface area (Å²) < 4.78 is 0. The second-order valence-electron chi connectivity index (χ2n) is 4.63. The van der Waals surface area contributed by atoms with Crippen LogP contribution in [0, 0.1) is 0 Å². The number of hydrogen-bond donors (Lipinski definition) is 0. The number of carbonyl (C=O) groups is 1. The Kier molecular flexibility index (Phi) is 2.60. The fourth-order valence-corrected chi connectivity index (χ4v) is 2.62. The van der Waals surface area contributed by atoms with Crippen molar-refractivity contribution in [3.05, 3.63) is 64.7 Å². The highest BCUT2D eigenvalue weighted by atomic mass is 16.1. The zero-order valence-electron chi connectivity index (χ0n) is 10.3. The average molecular weight is 234 g/mol. The summed E-state index contributed by atoms with van der Waals surface area (Å²) in [5.74, 6) is 0. The van der Waals surface area contributed by atoms with Gasteiger partial charge in [0.15, 0.2) is 0 Å². The molecule has 0 amide bonds. The van der Waals surface area contributed by atoms with Crippen LogP contribution in [0.4, 0.5) is 0 Å². The molecule has 1 heteroatoms. The lowest BCUT2D eigenvalue weighted by molar-refractivity contribution is 0.112. The van der Waals surface area contributed by atoms with Gasteiger partial charge in [-0.1, -0.05) is 42.5 Å². The predicted molar refractivity (Wildman–Crippen MR) is 74.8 cm³/mol. The van der Waals surface area contributed by atoms with Crippen LogP contribution in [0.15, 0.2) is 42.5 Å². The van der Waals surface area contributed by atoms with Gasteiger partial charge in [0.1, 0.15) is 6.29 Å². The van der Waals surface area contributed by atoms with Crippen molar-refractivity contribution in [1.29, 1.82) is 0 Å². The Bertz CT molecular complexity index is 651. The Labute approximate surface area is 107 Å². The largest absolute Gasteiger partial charge is 0.298 e. The first-order valence-corrected chi connectivity index (χ1v) is 6.16. The molecule has 88 valence electrons. The third-order valence-corrected chi connectivity index (χ3v) is 3.42. The first-order chi connectivity index (χ1) is 8.81. The molecule has 3 rings (SSSR count). The second-order valence-corrected chi connectivity index (χ2v) is 4.63. The molecule has 18 heavy (non-hydrogen) atoms. The topological polar surface area (TPSA) is 17.1 Å². The summed E-state index contributed by atoms with van der Waals surface area (Å²) in [6, 6.07) is 12.5. The lowest BCUT2D eigenvalue weighted by Crippen LogP contribution is -1.84. The molecule has 0 bridgehead atoms. The number of carbonyl (C=O) groups excluding carboxylic acids is 1. The highest BCUT2D eigenvalue weighted by Gasteiger charge is 2.18. The van der Waals surface area contributed by atoms with E-state index in [1.54, 1.807) is 0 Å². The minimum absolute atomic E-state index is 0.759. The minimum atomic E-state index is 0.759. The van der Waals surface area contributed by atoms with Gasteiger partial charge in [0.2, 0.25) is 0 Å². The van der Waals surface area contributed by atoms with Crippen molar-refractivity contribution < 1.29 is 4.79 Å². The number of benzene rings is 2. The van der Waals surface area contributed by atoms with Gasteiger partial charge >= 0.3 is 0 Å². The van der Waals surface area contributed by atoms with E-state index in [0.29, 0.717) is 0 Å².